The zero-order chi connectivity index (χ0) is 18.2. The van der Waals surface area contributed by atoms with Gasteiger partial charge in [-0.15, -0.1) is 11.3 Å². The Hall–Kier alpha value is -2.47. The molecule has 0 bridgehead atoms. The summed E-state index contributed by atoms with van der Waals surface area (Å²) in [6, 6.07) is 8.18. The number of para-hydroxylation sites is 2. The number of thiophene rings is 1. The van der Waals surface area contributed by atoms with Gasteiger partial charge in [0, 0.05) is 17.8 Å². The number of hydrogen-bond acceptors (Lipinski definition) is 5. The average Bonchev–Trinajstić information content (AvgIpc) is 3.25. The van der Waals surface area contributed by atoms with Crippen molar-refractivity contribution in [1.29, 1.82) is 0 Å². The lowest BCUT2D eigenvalue weighted by Gasteiger charge is -2.18. The number of benzene rings is 1. The molecule has 4 aromatic rings. The Morgan fingerprint density at radius 1 is 1.26 bits per heavy atom. The van der Waals surface area contributed by atoms with E-state index in [1.54, 1.807) is 6.33 Å². The maximum Gasteiger partial charge on any atom is 0.138 e. The number of hydrogen-bond donors (Lipinski definition) is 2. The van der Waals surface area contributed by atoms with Crippen molar-refractivity contribution in [2.75, 3.05) is 11.9 Å². The van der Waals surface area contributed by atoms with E-state index >= 15 is 0 Å². The van der Waals surface area contributed by atoms with Crippen molar-refractivity contribution in [3.05, 3.63) is 46.9 Å². The Kier molecular flexibility index (Phi) is 4.28. The quantitative estimate of drug-likeness (QED) is 0.493. The minimum absolute atomic E-state index is 0.777. The Bertz CT molecular complexity index is 1060. The summed E-state index contributed by atoms with van der Waals surface area (Å²) >= 11 is 1.85. The lowest BCUT2D eigenvalue weighted by molar-refractivity contribution is 0.509. The second kappa shape index (κ2) is 6.93. The van der Waals surface area contributed by atoms with Gasteiger partial charge in [0.15, 0.2) is 0 Å². The van der Waals surface area contributed by atoms with Crippen LogP contribution < -0.4 is 5.32 Å². The molecular formula is C21H23N5S. The van der Waals surface area contributed by atoms with Crippen LogP contribution in [0.1, 0.15) is 36.0 Å². The summed E-state index contributed by atoms with van der Waals surface area (Å²) in [5, 5.41) is 4.81. The van der Waals surface area contributed by atoms with Crippen LogP contribution in [-0.2, 0) is 19.3 Å². The Balaban J connectivity index is 1.29. The van der Waals surface area contributed by atoms with Crippen molar-refractivity contribution >= 4 is 38.4 Å². The van der Waals surface area contributed by atoms with Crippen molar-refractivity contribution < 1.29 is 0 Å². The van der Waals surface area contributed by atoms with E-state index in [4.69, 9.17) is 0 Å². The molecule has 1 unspecified atom stereocenters. The molecule has 0 spiro atoms. The maximum atomic E-state index is 4.66. The third-order valence-electron chi connectivity index (χ3n) is 5.41. The molecule has 3 aromatic heterocycles. The molecule has 27 heavy (non-hydrogen) atoms. The molecule has 0 amide bonds. The van der Waals surface area contributed by atoms with Crippen LogP contribution in [0.2, 0.25) is 0 Å². The SMILES string of the molecule is CC1CCc2c(sc3ncnc(NCCCc4nc5ccccc5[nH]4)c23)C1. The number of H-pyrrole nitrogens is 1. The molecule has 0 saturated heterocycles. The van der Waals surface area contributed by atoms with Gasteiger partial charge in [-0.3, -0.25) is 0 Å². The summed E-state index contributed by atoms with van der Waals surface area (Å²) in [4.78, 5) is 19.8. The van der Waals surface area contributed by atoms with Crippen molar-refractivity contribution in [3.8, 4) is 0 Å². The van der Waals surface area contributed by atoms with Gasteiger partial charge in [-0.1, -0.05) is 19.1 Å². The van der Waals surface area contributed by atoms with Crippen LogP contribution in [0.15, 0.2) is 30.6 Å². The summed E-state index contributed by atoms with van der Waals surface area (Å²) in [7, 11) is 0. The van der Waals surface area contributed by atoms with E-state index in [0.717, 1.165) is 59.2 Å². The van der Waals surface area contributed by atoms with E-state index in [1.165, 1.54) is 28.7 Å². The summed E-state index contributed by atoms with van der Waals surface area (Å²) in [5.41, 5.74) is 3.63. The van der Waals surface area contributed by atoms with Gasteiger partial charge >= 0.3 is 0 Å². The largest absolute Gasteiger partial charge is 0.369 e. The van der Waals surface area contributed by atoms with E-state index in [1.807, 2.05) is 29.5 Å². The fourth-order valence-corrected chi connectivity index (χ4v) is 5.35. The number of aromatic amines is 1. The first-order chi connectivity index (χ1) is 13.3. The molecule has 3 heterocycles. The fourth-order valence-electron chi connectivity index (χ4n) is 4.00. The van der Waals surface area contributed by atoms with Gasteiger partial charge in [-0.25, -0.2) is 15.0 Å². The number of aromatic nitrogens is 4. The molecular weight excluding hydrogens is 354 g/mol. The zero-order valence-corrected chi connectivity index (χ0v) is 16.3. The first-order valence-electron chi connectivity index (χ1n) is 9.70. The van der Waals surface area contributed by atoms with Crippen LogP contribution in [-0.4, -0.2) is 26.5 Å². The minimum Gasteiger partial charge on any atom is -0.369 e. The van der Waals surface area contributed by atoms with Crippen molar-refractivity contribution in [3.63, 3.8) is 0 Å². The summed E-state index contributed by atoms with van der Waals surface area (Å²) in [5.74, 6) is 2.82. The molecule has 0 fully saturated rings. The summed E-state index contributed by atoms with van der Waals surface area (Å²) < 4.78 is 0. The minimum atomic E-state index is 0.777. The summed E-state index contributed by atoms with van der Waals surface area (Å²) in [6.45, 7) is 3.22. The summed E-state index contributed by atoms with van der Waals surface area (Å²) in [6.07, 6.45) is 7.22. The monoisotopic (exact) mass is 377 g/mol. The number of anilines is 1. The number of rotatable bonds is 5. The van der Waals surface area contributed by atoms with Gasteiger partial charge in [0.05, 0.1) is 16.4 Å². The highest BCUT2D eigenvalue weighted by Gasteiger charge is 2.22. The number of aryl methyl sites for hydroxylation is 2. The second-order valence-electron chi connectivity index (χ2n) is 7.49. The highest BCUT2D eigenvalue weighted by atomic mass is 32.1. The number of nitrogens with one attached hydrogen (secondary N) is 2. The molecule has 5 nitrogen and oxygen atoms in total. The third-order valence-corrected chi connectivity index (χ3v) is 6.58. The van der Waals surface area contributed by atoms with Crippen LogP contribution in [0, 0.1) is 5.92 Å². The highest BCUT2D eigenvalue weighted by molar-refractivity contribution is 7.19. The first-order valence-corrected chi connectivity index (χ1v) is 10.5. The predicted octanol–water partition coefficient (Wildman–Crippen LogP) is 4.74. The molecule has 0 radical (unpaired) electrons. The predicted molar refractivity (Wildman–Crippen MR) is 112 cm³/mol. The van der Waals surface area contributed by atoms with Gasteiger partial charge in [0.2, 0.25) is 0 Å². The van der Waals surface area contributed by atoms with Gasteiger partial charge in [0.1, 0.15) is 22.8 Å². The van der Waals surface area contributed by atoms with Crippen LogP contribution in [0.5, 0.6) is 0 Å². The van der Waals surface area contributed by atoms with E-state index in [-0.39, 0.29) is 0 Å². The zero-order valence-electron chi connectivity index (χ0n) is 15.5. The second-order valence-corrected chi connectivity index (χ2v) is 8.57. The average molecular weight is 378 g/mol. The molecule has 1 atom stereocenters. The topological polar surface area (TPSA) is 66.5 Å². The first kappa shape index (κ1) is 16.7. The molecule has 5 rings (SSSR count). The van der Waals surface area contributed by atoms with E-state index in [2.05, 4.69) is 38.2 Å². The fraction of sp³-hybridized carbons (Fsp3) is 0.381. The normalized spacial score (nSPS) is 16.7. The molecule has 1 aliphatic carbocycles. The van der Waals surface area contributed by atoms with E-state index in [0.29, 0.717) is 0 Å². The van der Waals surface area contributed by atoms with Gasteiger partial charge < -0.3 is 10.3 Å². The van der Waals surface area contributed by atoms with Crippen molar-refractivity contribution in [2.45, 2.75) is 39.0 Å². The maximum absolute atomic E-state index is 4.66. The van der Waals surface area contributed by atoms with Gasteiger partial charge in [0.25, 0.3) is 0 Å². The molecule has 6 heteroatoms. The van der Waals surface area contributed by atoms with Crippen LogP contribution in [0.25, 0.3) is 21.3 Å². The third kappa shape index (κ3) is 3.18. The van der Waals surface area contributed by atoms with Gasteiger partial charge in [-0.2, -0.15) is 0 Å². The molecule has 0 aliphatic heterocycles. The lowest BCUT2D eigenvalue weighted by atomic mass is 9.89. The Morgan fingerprint density at radius 3 is 3.11 bits per heavy atom. The van der Waals surface area contributed by atoms with Crippen LogP contribution in [0.3, 0.4) is 0 Å². The van der Waals surface area contributed by atoms with Crippen molar-refractivity contribution in [2.24, 2.45) is 5.92 Å². The molecule has 1 aliphatic rings. The van der Waals surface area contributed by atoms with Gasteiger partial charge in [-0.05, 0) is 49.3 Å². The van der Waals surface area contributed by atoms with E-state index < -0.39 is 0 Å². The molecule has 0 saturated carbocycles. The van der Waals surface area contributed by atoms with Crippen molar-refractivity contribution in [1.82, 2.24) is 19.9 Å². The Morgan fingerprint density at radius 2 is 2.19 bits per heavy atom. The lowest BCUT2D eigenvalue weighted by Crippen LogP contribution is -2.10. The number of imidazole rings is 1. The smallest absolute Gasteiger partial charge is 0.138 e. The van der Waals surface area contributed by atoms with E-state index in [9.17, 15) is 0 Å². The Labute approximate surface area is 162 Å². The van der Waals surface area contributed by atoms with Crippen LogP contribution >= 0.6 is 11.3 Å². The molecule has 138 valence electrons. The number of nitrogens with zero attached hydrogens (tertiary/aromatic N) is 3. The number of fused-ring (bicyclic) bond motifs is 4. The molecule has 1 aromatic carbocycles. The van der Waals surface area contributed by atoms with Crippen LogP contribution in [0.4, 0.5) is 5.82 Å². The molecule has 2 N–H and O–H groups in total. The standard InChI is InChI=1S/C21H23N5S/c1-13-8-9-14-17(11-13)27-21-19(14)20(23-12-24-21)22-10-4-7-18-25-15-5-2-3-6-16(15)26-18/h2-3,5-6,12-13H,4,7-11H2,1H3,(H,25,26)(H,22,23,24). The highest BCUT2D eigenvalue weighted by Crippen LogP contribution is 2.39.